The zero-order chi connectivity index (χ0) is 22.0. The molecule has 0 amide bonds. The highest BCUT2D eigenvalue weighted by molar-refractivity contribution is 7.80. The lowest BCUT2D eigenvalue weighted by Gasteiger charge is -2.23. The summed E-state index contributed by atoms with van der Waals surface area (Å²) in [4.78, 5) is 24.7. The van der Waals surface area contributed by atoms with E-state index in [2.05, 4.69) is 40.3 Å². The molecule has 29 heavy (non-hydrogen) atoms. The van der Waals surface area contributed by atoms with Crippen molar-refractivity contribution in [3.8, 4) is 0 Å². The van der Waals surface area contributed by atoms with Crippen molar-refractivity contribution in [2.24, 2.45) is 11.8 Å². The van der Waals surface area contributed by atoms with E-state index >= 15 is 0 Å². The Morgan fingerprint density at radius 2 is 1.34 bits per heavy atom. The van der Waals surface area contributed by atoms with E-state index in [1.54, 1.807) is 6.07 Å². The van der Waals surface area contributed by atoms with Crippen LogP contribution in [0.4, 0.5) is 0 Å². The third-order valence-electron chi connectivity index (χ3n) is 6.04. The Kier molecular flexibility index (Phi) is 11.4. The summed E-state index contributed by atoms with van der Waals surface area (Å²) in [5.41, 5.74) is 1.45. The minimum atomic E-state index is -1.08. The van der Waals surface area contributed by atoms with Crippen LogP contribution in [0.5, 0.6) is 0 Å². The van der Waals surface area contributed by atoms with Crippen molar-refractivity contribution in [1.29, 1.82) is 0 Å². The van der Waals surface area contributed by atoms with E-state index in [-0.39, 0.29) is 17.0 Å². The fraction of sp³-hybridized carbons (Fsp3) is 0.667. The molecule has 0 aliphatic carbocycles. The van der Waals surface area contributed by atoms with E-state index < -0.39 is 11.9 Å². The predicted molar refractivity (Wildman–Crippen MR) is 122 cm³/mol. The second-order valence-corrected chi connectivity index (χ2v) is 8.61. The molecule has 1 aromatic rings. The van der Waals surface area contributed by atoms with Gasteiger partial charge in [-0.25, -0.2) is 9.59 Å². The van der Waals surface area contributed by atoms with Crippen LogP contribution >= 0.6 is 12.6 Å². The Labute approximate surface area is 181 Å². The van der Waals surface area contributed by atoms with Gasteiger partial charge in [-0.3, -0.25) is 0 Å². The fourth-order valence-corrected chi connectivity index (χ4v) is 4.42. The fourth-order valence-electron chi connectivity index (χ4n) is 4.09. The van der Waals surface area contributed by atoms with Crippen molar-refractivity contribution < 1.29 is 19.8 Å². The molecule has 1 rings (SSSR count). The molecular formula is C24H38O4S. The minimum absolute atomic E-state index is 0.0905. The number of rotatable bonds is 14. The molecule has 0 aromatic heterocycles. The summed E-state index contributed by atoms with van der Waals surface area (Å²) in [6.45, 7) is 8.50. The average molecular weight is 423 g/mol. The maximum Gasteiger partial charge on any atom is 0.336 e. The van der Waals surface area contributed by atoms with Gasteiger partial charge in [0.2, 0.25) is 0 Å². The highest BCUT2D eigenvalue weighted by Crippen LogP contribution is 2.33. The van der Waals surface area contributed by atoms with Gasteiger partial charge in [0.15, 0.2) is 0 Å². The number of carbonyl (C=O) groups is 2. The Morgan fingerprint density at radius 1 is 0.862 bits per heavy atom. The molecule has 2 N–H and O–H groups in total. The molecule has 5 heteroatoms. The van der Waals surface area contributed by atoms with Crippen LogP contribution in [0.3, 0.4) is 0 Å². The molecule has 0 saturated carbocycles. The summed E-state index contributed by atoms with van der Waals surface area (Å²) < 4.78 is 0. The smallest absolute Gasteiger partial charge is 0.336 e. The monoisotopic (exact) mass is 422 g/mol. The van der Waals surface area contributed by atoms with Gasteiger partial charge in [0.25, 0.3) is 0 Å². The first-order chi connectivity index (χ1) is 13.8. The van der Waals surface area contributed by atoms with Crippen LogP contribution in [0.25, 0.3) is 0 Å². The van der Waals surface area contributed by atoms with Crippen LogP contribution in [0, 0.1) is 11.8 Å². The third-order valence-corrected chi connectivity index (χ3v) is 6.43. The van der Waals surface area contributed by atoms with Crippen molar-refractivity contribution in [3.05, 3.63) is 28.3 Å². The van der Waals surface area contributed by atoms with Crippen LogP contribution in [0.15, 0.2) is 11.0 Å². The maximum atomic E-state index is 12.3. The lowest BCUT2D eigenvalue weighted by Crippen LogP contribution is -2.19. The van der Waals surface area contributed by atoms with Gasteiger partial charge in [-0.15, -0.1) is 12.6 Å². The first-order valence-electron chi connectivity index (χ1n) is 11.1. The zero-order valence-corrected chi connectivity index (χ0v) is 19.4. The Balaban J connectivity index is 3.49. The van der Waals surface area contributed by atoms with E-state index in [1.165, 1.54) is 0 Å². The molecule has 0 radical (unpaired) electrons. The topological polar surface area (TPSA) is 74.6 Å². The maximum absolute atomic E-state index is 12.3. The summed E-state index contributed by atoms with van der Waals surface area (Å²) >= 11 is 4.52. The number of hydrogen-bond acceptors (Lipinski definition) is 3. The Morgan fingerprint density at radius 3 is 1.72 bits per heavy atom. The molecule has 0 aliphatic rings. The third kappa shape index (κ3) is 7.36. The SMILES string of the molecule is CCCCC(CC)Cc1c(S)cc(C(=O)O)c(CC(CC)CCCC)c1C(=O)O. The van der Waals surface area contributed by atoms with Gasteiger partial charge in [0, 0.05) is 4.90 Å². The van der Waals surface area contributed by atoms with Crippen LogP contribution in [-0.2, 0) is 12.8 Å². The van der Waals surface area contributed by atoms with E-state index in [4.69, 9.17) is 0 Å². The van der Waals surface area contributed by atoms with Gasteiger partial charge in [-0.2, -0.15) is 0 Å². The lowest BCUT2D eigenvalue weighted by atomic mass is 9.82. The van der Waals surface area contributed by atoms with Crippen LogP contribution in [0.1, 0.15) is 111 Å². The normalized spacial score (nSPS) is 13.3. The number of hydrogen-bond donors (Lipinski definition) is 3. The van der Waals surface area contributed by atoms with Crippen LogP contribution < -0.4 is 0 Å². The van der Waals surface area contributed by atoms with Gasteiger partial charge in [0.05, 0.1) is 11.1 Å². The number of unbranched alkanes of at least 4 members (excludes halogenated alkanes) is 2. The van der Waals surface area contributed by atoms with Crippen molar-refractivity contribution >= 4 is 24.6 Å². The molecule has 0 fully saturated rings. The standard InChI is InChI=1S/C24H38O4S/c1-5-9-11-16(7-3)13-18-19(23(25)26)15-21(29)20(22(18)24(27)28)14-17(8-4)12-10-6-2/h15-17,29H,5-14H2,1-4H3,(H,25,26)(H,27,28). The molecule has 164 valence electrons. The molecule has 0 heterocycles. The van der Waals surface area contributed by atoms with Crippen LogP contribution in [0.2, 0.25) is 0 Å². The lowest BCUT2D eigenvalue weighted by molar-refractivity contribution is 0.0693. The number of thiol groups is 1. The van der Waals surface area contributed by atoms with Crippen molar-refractivity contribution in [1.82, 2.24) is 0 Å². The summed E-state index contributed by atoms with van der Waals surface area (Å²) in [6.07, 6.45) is 9.39. The highest BCUT2D eigenvalue weighted by Gasteiger charge is 2.27. The first kappa shape index (κ1) is 25.5. The summed E-state index contributed by atoms with van der Waals surface area (Å²) in [5.74, 6) is -1.45. The van der Waals surface area contributed by atoms with Crippen LogP contribution in [-0.4, -0.2) is 22.2 Å². The van der Waals surface area contributed by atoms with Gasteiger partial charge in [-0.05, 0) is 41.9 Å². The average Bonchev–Trinajstić information content (AvgIpc) is 2.69. The van der Waals surface area contributed by atoms with Gasteiger partial charge in [0.1, 0.15) is 0 Å². The largest absolute Gasteiger partial charge is 0.478 e. The van der Waals surface area contributed by atoms with E-state index in [0.29, 0.717) is 34.8 Å². The summed E-state index contributed by atoms with van der Waals surface area (Å²) in [6, 6.07) is 1.57. The van der Waals surface area contributed by atoms with Gasteiger partial charge >= 0.3 is 11.9 Å². The Hall–Kier alpha value is -1.49. The quantitative estimate of drug-likeness (QED) is 0.285. The van der Waals surface area contributed by atoms with Gasteiger partial charge in [-0.1, -0.05) is 79.1 Å². The zero-order valence-electron chi connectivity index (χ0n) is 18.5. The Bertz CT molecular complexity index is 684. The van der Waals surface area contributed by atoms with E-state index in [0.717, 1.165) is 51.4 Å². The second-order valence-electron chi connectivity index (χ2n) is 8.13. The molecule has 0 saturated heterocycles. The number of carboxylic acid groups (broad SMARTS) is 2. The first-order valence-corrected chi connectivity index (χ1v) is 11.6. The minimum Gasteiger partial charge on any atom is -0.478 e. The molecular weight excluding hydrogens is 384 g/mol. The van der Waals surface area contributed by atoms with Crippen molar-refractivity contribution in [2.45, 2.75) is 96.8 Å². The number of benzene rings is 1. The molecule has 0 aliphatic heterocycles. The summed E-state index contributed by atoms with van der Waals surface area (Å²) in [5, 5.41) is 19.8. The van der Waals surface area contributed by atoms with E-state index in [9.17, 15) is 19.8 Å². The van der Waals surface area contributed by atoms with Crippen molar-refractivity contribution in [2.75, 3.05) is 0 Å². The molecule has 2 atom stereocenters. The molecule has 2 unspecified atom stereocenters. The molecule has 4 nitrogen and oxygen atoms in total. The summed E-state index contributed by atoms with van der Waals surface area (Å²) in [7, 11) is 0. The highest BCUT2D eigenvalue weighted by atomic mass is 32.1. The second kappa shape index (κ2) is 12.9. The number of aromatic carboxylic acids is 2. The predicted octanol–water partition coefficient (Wildman–Crippen LogP) is 6.89. The van der Waals surface area contributed by atoms with Crippen molar-refractivity contribution in [3.63, 3.8) is 0 Å². The number of carboxylic acids is 2. The van der Waals surface area contributed by atoms with Gasteiger partial charge < -0.3 is 10.2 Å². The molecule has 0 bridgehead atoms. The van der Waals surface area contributed by atoms with E-state index in [1.807, 2.05) is 0 Å². The molecule has 1 aromatic carbocycles. The molecule has 0 spiro atoms.